The van der Waals surface area contributed by atoms with Crippen molar-refractivity contribution in [1.82, 2.24) is 23.9 Å². The predicted octanol–water partition coefficient (Wildman–Crippen LogP) is 1.61. The summed E-state index contributed by atoms with van der Waals surface area (Å²) in [5.74, 6) is -2.57. The lowest BCUT2D eigenvalue weighted by Gasteiger charge is -2.39. The molecule has 1 saturated heterocycles. The van der Waals surface area contributed by atoms with Gasteiger partial charge in [-0.15, -0.1) is 0 Å². The van der Waals surface area contributed by atoms with E-state index in [9.17, 15) is 19.5 Å². The zero-order valence-corrected chi connectivity index (χ0v) is 19.9. The van der Waals surface area contributed by atoms with Crippen LogP contribution in [0.4, 0.5) is 21.7 Å². The Balaban J connectivity index is 1.40. The number of carboxylic acid groups (broad SMARTS) is 1. The molecule has 0 bridgehead atoms. The molecule has 1 aliphatic heterocycles. The van der Waals surface area contributed by atoms with Crippen LogP contribution in [-0.2, 0) is 4.79 Å². The molecule has 1 aliphatic rings. The Labute approximate surface area is 206 Å². The fourth-order valence-electron chi connectivity index (χ4n) is 3.78. The summed E-state index contributed by atoms with van der Waals surface area (Å²) in [5, 5.41) is 12.2. The first-order chi connectivity index (χ1) is 17.2. The SMILES string of the molecule is CN(C)c1ccc(NC(=O)C2CN(c3nc4c(cc3F)c(=O)c(C(=O)O)cn4-c3ncns3)C2)nc1. The molecule has 1 amide bonds. The number of aromatic nitrogens is 5. The molecule has 14 heteroatoms. The fraction of sp³-hybridized carbons (Fsp3) is 0.227. The molecule has 2 N–H and O–H groups in total. The Hall–Kier alpha value is -4.46. The highest BCUT2D eigenvalue weighted by atomic mass is 32.1. The largest absolute Gasteiger partial charge is 0.477 e. The highest BCUT2D eigenvalue weighted by molar-refractivity contribution is 7.08. The van der Waals surface area contributed by atoms with E-state index in [2.05, 4.69) is 24.6 Å². The van der Waals surface area contributed by atoms with Gasteiger partial charge in [-0.2, -0.15) is 4.37 Å². The van der Waals surface area contributed by atoms with E-state index in [0.717, 1.165) is 29.5 Å². The second kappa shape index (κ2) is 8.96. The van der Waals surface area contributed by atoms with Gasteiger partial charge >= 0.3 is 5.97 Å². The van der Waals surface area contributed by atoms with Gasteiger partial charge in [-0.3, -0.25) is 14.2 Å². The van der Waals surface area contributed by atoms with Gasteiger partial charge in [0.05, 0.1) is 23.2 Å². The third kappa shape index (κ3) is 4.11. The number of aromatic carboxylic acids is 1. The summed E-state index contributed by atoms with van der Waals surface area (Å²) in [6.45, 7) is 0.403. The van der Waals surface area contributed by atoms with Gasteiger partial charge in [0.2, 0.25) is 16.5 Å². The predicted molar refractivity (Wildman–Crippen MR) is 131 cm³/mol. The van der Waals surface area contributed by atoms with Crippen molar-refractivity contribution < 1.29 is 19.1 Å². The maximum atomic E-state index is 15.0. The maximum absolute atomic E-state index is 15.0. The van der Waals surface area contributed by atoms with Crippen molar-refractivity contribution in [2.75, 3.05) is 42.3 Å². The number of carbonyl (C=O) groups excluding carboxylic acids is 1. The quantitative estimate of drug-likeness (QED) is 0.392. The van der Waals surface area contributed by atoms with Crippen LogP contribution < -0.4 is 20.5 Å². The van der Waals surface area contributed by atoms with Crippen molar-refractivity contribution in [3.8, 4) is 5.13 Å². The molecule has 0 saturated carbocycles. The second-order valence-electron chi connectivity index (χ2n) is 8.32. The van der Waals surface area contributed by atoms with Gasteiger partial charge in [0.1, 0.15) is 17.7 Å². The minimum Gasteiger partial charge on any atom is -0.477 e. The highest BCUT2D eigenvalue weighted by Crippen LogP contribution is 2.29. The summed E-state index contributed by atoms with van der Waals surface area (Å²) in [6, 6.07) is 4.50. The molecule has 4 aromatic rings. The monoisotopic (exact) mass is 510 g/mol. The molecule has 1 fully saturated rings. The minimum atomic E-state index is -1.45. The Bertz CT molecular complexity index is 1530. The molecule has 4 aromatic heterocycles. The summed E-state index contributed by atoms with van der Waals surface area (Å²) in [5.41, 5.74) is -0.469. The number of rotatable bonds is 6. The van der Waals surface area contributed by atoms with E-state index < -0.39 is 28.7 Å². The summed E-state index contributed by atoms with van der Waals surface area (Å²) < 4.78 is 20.2. The Morgan fingerprint density at radius 3 is 2.64 bits per heavy atom. The molecule has 0 atom stereocenters. The number of pyridine rings is 3. The third-order valence-electron chi connectivity index (χ3n) is 5.77. The number of nitrogens with zero attached hydrogens (tertiary/aromatic N) is 7. The molecule has 36 heavy (non-hydrogen) atoms. The molecule has 0 unspecified atom stereocenters. The van der Waals surface area contributed by atoms with Gasteiger partial charge < -0.3 is 20.2 Å². The minimum absolute atomic E-state index is 0.0382. The van der Waals surface area contributed by atoms with Gasteiger partial charge in [-0.05, 0) is 18.2 Å². The van der Waals surface area contributed by atoms with Crippen molar-refractivity contribution in [1.29, 1.82) is 0 Å². The Kier molecular flexibility index (Phi) is 5.80. The first-order valence-corrected chi connectivity index (χ1v) is 11.5. The molecule has 0 radical (unpaired) electrons. The Morgan fingerprint density at radius 2 is 2.03 bits per heavy atom. The number of hydrogen-bond acceptors (Lipinski definition) is 10. The number of amides is 1. The normalized spacial score (nSPS) is 13.5. The van der Waals surface area contributed by atoms with E-state index in [1.165, 1.54) is 10.9 Å². The average Bonchev–Trinajstić information content (AvgIpc) is 3.34. The number of anilines is 3. The number of halogens is 1. The fourth-order valence-corrected chi connectivity index (χ4v) is 4.29. The van der Waals surface area contributed by atoms with Gasteiger partial charge in [0.25, 0.3) is 0 Å². The molecule has 0 aromatic carbocycles. The summed E-state index contributed by atoms with van der Waals surface area (Å²) >= 11 is 0.961. The number of carbonyl (C=O) groups is 2. The lowest BCUT2D eigenvalue weighted by atomic mass is 9.99. The van der Waals surface area contributed by atoms with Crippen LogP contribution in [-0.4, -0.2) is 68.1 Å². The highest BCUT2D eigenvalue weighted by Gasteiger charge is 2.35. The molecule has 0 spiro atoms. The van der Waals surface area contributed by atoms with E-state index in [1.807, 2.05) is 25.1 Å². The second-order valence-corrected chi connectivity index (χ2v) is 9.08. The molecule has 184 valence electrons. The maximum Gasteiger partial charge on any atom is 0.341 e. The molecule has 12 nitrogen and oxygen atoms in total. The number of carboxylic acids is 1. The summed E-state index contributed by atoms with van der Waals surface area (Å²) in [7, 11) is 3.77. The van der Waals surface area contributed by atoms with Crippen LogP contribution in [0.15, 0.2) is 41.7 Å². The van der Waals surface area contributed by atoms with Gasteiger partial charge in [-0.1, -0.05) is 0 Å². The van der Waals surface area contributed by atoms with Crippen molar-refractivity contribution >= 4 is 51.8 Å². The standard InChI is InChI=1S/C22H19FN8O4S/c1-29(2)12-3-4-16(24-6-12)27-20(33)11-7-30(8-11)19-15(23)5-13-17(32)14(21(34)35)9-31(18(13)28-19)22-25-10-26-36-22/h3-6,9-11H,7-8H2,1-2H3,(H,34,35)(H,24,27,33). The lowest BCUT2D eigenvalue weighted by Crippen LogP contribution is -2.52. The van der Waals surface area contributed by atoms with E-state index in [4.69, 9.17) is 0 Å². The van der Waals surface area contributed by atoms with Crippen molar-refractivity contribution in [2.24, 2.45) is 5.92 Å². The smallest absolute Gasteiger partial charge is 0.341 e. The van der Waals surface area contributed by atoms with Crippen molar-refractivity contribution in [3.05, 3.63) is 58.5 Å². The summed E-state index contributed by atoms with van der Waals surface area (Å²) in [6.07, 6.45) is 4.02. The van der Waals surface area contributed by atoms with Crippen molar-refractivity contribution in [2.45, 2.75) is 0 Å². The zero-order chi connectivity index (χ0) is 25.6. The lowest BCUT2D eigenvalue weighted by molar-refractivity contribution is -0.120. The van der Waals surface area contributed by atoms with E-state index >= 15 is 4.39 Å². The topological polar surface area (TPSA) is 146 Å². The van der Waals surface area contributed by atoms with E-state index in [0.29, 0.717) is 5.82 Å². The van der Waals surface area contributed by atoms with Crippen LogP contribution in [0.5, 0.6) is 0 Å². The average molecular weight is 511 g/mol. The van der Waals surface area contributed by atoms with Gasteiger partial charge in [0, 0.05) is 44.9 Å². The third-order valence-corrected chi connectivity index (χ3v) is 6.43. The molecule has 5 rings (SSSR count). The van der Waals surface area contributed by atoms with E-state index in [1.54, 1.807) is 17.2 Å². The van der Waals surface area contributed by atoms with Crippen LogP contribution in [0.2, 0.25) is 0 Å². The van der Waals surface area contributed by atoms with E-state index in [-0.39, 0.29) is 41.0 Å². The zero-order valence-electron chi connectivity index (χ0n) is 19.0. The first kappa shape index (κ1) is 23.3. The first-order valence-electron chi connectivity index (χ1n) is 10.7. The Morgan fingerprint density at radius 1 is 1.25 bits per heavy atom. The van der Waals surface area contributed by atoms with Crippen LogP contribution in [0.25, 0.3) is 16.2 Å². The van der Waals surface area contributed by atoms with Crippen LogP contribution in [0.1, 0.15) is 10.4 Å². The van der Waals surface area contributed by atoms with Crippen LogP contribution in [0, 0.1) is 11.7 Å². The molecule has 5 heterocycles. The number of fused-ring (bicyclic) bond motifs is 1. The molecular weight excluding hydrogens is 491 g/mol. The number of hydrogen-bond donors (Lipinski definition) is 2. The van der Waals surface area contributed by atoms with Crippen LogP contribution in [0.3, 0.4) is 0 Å². The number of nitrogens with one attached hydrogen (secondary N) is 1. The van der Waals surface area contributed by atoms with Crippen LogP contribution >= 0.6 is 11.5 Å². The van der Waals surface area contributed by atoms with Crippen molar-refractivity contribution in [3.63, 3.8) is 0 Å². The van der Waals surface area contributed by atoms with Gasteiger partial charge in [0.15, 0.2) is 17.3 Å². The van der Waals surface area contributed by atoms with Gasteiger partial charge in [-0.25, -0.2) is 24.1 Å². The summed E-state index contributed by atoms with van der Waals surface area (Å²) in [4.78, 5) is 52.9. The molecule has 0 aliphatic carbocycles. The molecular formula is C22H19FN8O4S.